The monoisotopic (exact) mass is 538 g/mol. The van der Waals surface area contributed by atoms with Crippen LogP contribution in [0.2, 0.25) is 0 Å². The molecule has 0 unspecified atom stereocenters. The van der Waals surface area contributed by atoms with E-state index in [0.29, 0.717) is 24.3 Å². The first-order valence-electron chi connectivity index (χ1n) is 13.9. The molecule has 7 nitrogen and oxygen atoms in total. The highest BCUT2D eigenvalue weighted by Gasteiger charge is 2.25. The van der Waals surface area contributed by atoms with Gasteiger partial charge in [-0.15, -0.1) is 6.58 Å². The molecular formula is C31H54O7. The molecule has 0 aromatic rings. The molecule has 0 radical (unpaired) electrons. The molecule has 0 heterocycles. The van der Waals surface area contributed by atoms with Crippen LogP contribution in [-0.2, 0) is 9.53 Å². The van der Waals surface area contributed by atoms with Crippen molar-refractivity contribution in [3.05, 3.63) is 48.3 Å². The molecule has 7 heteroatoms. The number of hydrogen-bond donors (Lipinski definition) is 5. The highest BCUT2D eigenvalue weighted by Crippen LogP contribution is 2.23. The van der Waals surface area contributed by atoms with E-state index < -0.39 is 42.2 Å². The fourth-order valence-electron chi connectivity index (χ4n) is 4.24. The molecule has 0 aromatic heterocycles. The SMILES string of the molecule is C=C[C@@H](/C=C(\O)[C@H](O)[C@@H](C)/C=C/[C@H](O)[C@H](C)CC[C@H](O)[C@@H](C)/C=C(\C)[C@H](O)[C@@H](C)C(=O)OC)C[C@@H](C)CC. The molecule has 220 valence electrons. The van der Waals surface area contributed by atoms with Crippen molar-refractivity contribution in [1.82, 2.24) is 0 Å². The summed E-state index contributed by atoms with van der Waals surface area (Å²) in [7, 11) is 1.28. The van der Waals surface area contributed by atoms with Crippen molar-refractivity contribution >= 4 is 5.97 Å². The summed E-state index contributed by atoms with van der Waals surface area (Å²) in [6.07, 6.45) is 7.88. The summed E-state index contributed by atoms with van der Waals surface area (Å²) in [6.45, 7) is 16.9. The first-order valence-corrected chi connectivity index (χ1v) is 13.9. The molecule has 0 spiro atoms. The molecule has 0 aliphatic carbocycles. The number of aliphatic hydroxyl groups is 5. The smallest absolute Gasteiger partial charge is 0.311 e. The maximum absolute atomic E-state index is 11.7. The number of carbonyl (C=O) groups excluding carboxylic acids is 1. The molecule has 5 N–H and O–H groups in total. The van der Waals surface area contributed by atoms with E-state index in [9.17, 15) is 30.3 Å². The van der Waals surface area contributed by atoms with Gasteiger partial charge in [-0.05, 0) is 62.5 Å². The first-order chi connectivity index (χ1) is 17.7. The Bertz CT molecular complexity index is 787. The molecule has 0 saturated carbocycles. The van der Waals surface area contributed by atoms with Crippen LogP contribution in [-0.4, -0.2) is 63.0 Å². The van der Waals surface area contributed by atoms with E-state index in [1.54, 1.807) is 51.2 Å². The van der Waals surface area contributed by atoms with Gasteiger partial charge in [-0.2, -0.15) is 0 Å². The predicted octanol–water partition coefficient (Wildman–Crippen LogP) is 5.11. The maximum Gasteiger partial charge on any atom is 0.311 e. The van der Waals surface area contributed by atoms with Crippen molar-refractivity contribution in [3.8, 4) is 0 Å². The van der Waals surface area contributed by atoms with Crippen LogP contribution in [0.5, 0.6) is 0 Å². The molecule has 0 amide bonds. The van der Waals surface area contributed by atoms with E-state index in [1.807, 2.05) is 13.8 Å². The summed E-state index contributed by atoms with van der Waals surface area (Å²) in [5.41, 5.74) is 0.592. The number of carbonyl (C=O) groups is 1. The van der Waals surface area contributed by atoms with Crippen LogP contribution in [0.15, 0.2) is 48.3 Å². The third-order valence-corrected chi connectivity index (χ3v) is 7.62. The Hall–Kier alpha value is -1.93. The Balaban J connectivity index is 4.92. The Morgan fingerprint density at radius 2 is 1.53 bits per heavy atom. The summed E-state index contributed by atoms with van der Waals surface area (Å²) in [5.74, 6) is -1.62. The molecule has 38 heavy (non-hydrogen) atoms. The van der Waals surface area contributed by atoms with Crippen molar-refractivity contribution in [1.29, 1.82) is 0 Å². The van der Waals surface area contributed by atoms with E-state index in [0.717, 1.165) is 12.8 Å². The van der Waals surface area contributed by atoms with Gasteiger partial charge in [0.05, 0.1) is 31.3 Å². The largest absolute Gasteiger partial charge is 0.510 e. The normalized spacial score (nSPS) is 21.1. The lowest BCUT2D eigenvalue weighted by Gasteiger charge is -2.23. The molecule has 0 aliphatic rings. The third kappa shape index (κ3) is 12.7. The van der Waals surface area contributed by atoms with Crippen LogP contribution >= 0.6 is 0 Å². The highest BCUT2D eigenvalue weighted by atomic mass is 16.5. The molecule has 0 saturated heterocycles. The van der Waals surface area contributed by atoms with Gasteiger partial charge in [-0.3, -0.25) is 4.79 Å². The van der Waals surface area contributed by atoms with Crippen LogP contribution < -0.4 is 0 Å². The van der Waals surface area contributed by atoms with Gasteiger partial charge in [0, 0.05) is 11.8 Å². The van der Waals surface area contributed by atoms with E-state index in [4.69, 9.17) is 0 Å². The van der Waals surface area contributed by atoms with Crippen molar-refractivity contribution in [2.24, 2.45) is 35.5 Å². The van der Waals surface area contributed by atoms with Crippen LogP contribution in [0.1, 0.15) is 74.1 Å². The van der Waals surface area contributed by atoms with Gasteiger partial charge in [0.25, 0.3) is 0 Å². The van der Waals surface area contributed by atoms with Crippen molar-refractivity contribution in [2.45, 2.75) is 98.6 Å². The zero-order chi connectivity index (χ0) is 29.6. The number of allylic oxidation sites excluding steroid dienone is 2. The van der Waals surface area contributed by atoms with Crippen molar-refractivity contribution in [2.75, 3.05) is 7.11 Å². The molecule has 0 aliphatic heterocycles. The van der Waals surface area contributed by atoms with E-state index in [-0.39, 0.29) is 23.5 Å². The summed E-state index contributed by atoms with van der Waals surface area (Å²) < 4.78 is 4.68. The maximum atomic E-state index is 11.7. The molecule has 0 bridgehead atoms. The van der Waals surface area contributed by atoms with Gasteiger partial charge < -0.3 is 30.3 Å². The van der Waals surface area contributed by atoms with Crippen LogP contribution in [0.3, 0.4) is 0 Å². The number of rotatable bonds is 18. The minimum Gasteiger partial charge on any atom is -0.510 e. The topological polar surface area (TPSA) is 127 Å². The molecule has 0 fully saturated rings. The van der Waals surface area contributed by atoms with E-state index in [2.05, 4.69) is 25.2 Å². The number of aliphatic hydroxyl groups excluding tert-OH is 5. The lowest BCUT2D eigenvalue weighted by atomic mass is 9.89. The Morgan fingerprint density at radius 1 is 0.921 bits per heavy atom. The van der Waals surface area contributed by atoms with E-state index in [1.165, 1.54) is 7.11 Å². The fourth-order valence-corrected chi connectivity index (χ4v) is 4.24. The van der Waals surface area contributed by atoms with Crippen molar-refractivity contribution in [3.63, 3.8) is 0 Å². The number of hydrogen-bond acceptors (Lipinski definition) is 7. The number of methoxy groups -OCH3 is 1. The quantitative estimate of drug-likeness (QED) is 0.0932. The average molecular weight is 539 g/mol. The van der Waals surface area contributed by atoms with Gasteiger partial charge in [0.15, 0.2) is 0 Å². The number of ether oxygens (including phenoxy) is 1. The second kappa shape index (κ2) is 18.4. The second-order valence-electron chi connectivity index (χ2n) is 11.1. The third-order valence-electron chi connectivity index (χ3n) is 7.62. The Morgan fingerprint density at radius 3 is 2.05 bits per heavy atom. The minimum absolute atomic E-state index is 0.0200. The summed E-state index contributed by atoms with van der Waals surface area (Å²) >= 11 is 0. The number of esters is 1. The molecule has 0 rings (SSSR count). The fraction of sp³-hybridized carbons (Fsp3) is 0.710. The Labute approximate surface area is 230 Å². The van der Waals surface area contributed by atoms with Gasteiger partial charge >= 0.3 is 5.97 Å². The molecule has 10 atom stereocenters. The lowest BCUT2D eigenvalue weighted by Crippen LogP contribution is -2.28. The zero-order valence-electron chi connectivity index (χ0n) is 24.7. The minimum atomic E-state index is -1.08. The Kier molecular flexibility index (Phi) is 17.4. The predicted molar refractivity (Wildman–Crippen MR) is 153 cm³/mol. The van der Waals surface area contributed by atoms with Gasteiger partial charge in [0.2, 0.25) is 0 Å². The summed E-state index contributed by atoms with van der Waals surface area (Å²) in [5, 5.41) is 52.5. The van der Waals surface area contributed by atoms with Crippen LogP contribution in [0.25, 0.3) is 0 Å². The standard InChI is InChI=1S/C31H54O7/c1-10-19(3)16-25(11-2)18-28(34)30(36)21(5)13-15-26(32)20(4)12-14-27(33)22(6)17-23(7)29(35)24(8)31(37)38-9/h11,13,15,17-22,24-27,29-30,32-36H,2,10,12,14,16H2,1,3-9H3/b15-13+,23-17+,28-18-/t19-,20+,21-,22-,24+,25+,26-,27-,29-,30+/m0/s1. The van der Waals surface area contributed by atoms with E-state index >= 15 is 0 Å². The second-order valence-corrected chi connectivity index (χ2v) is 11.1. The highest BCUT2D eigenvalue weighted by molar-refractivity contribution is 5.73. The average Bonchev–Trinajstić information content (AvgIpc) is 2.91. The van der Waals surface area contributed by atoms with Gasteiger partial charge in [-0.25, -0.2) is 0 Å². The molecular weight excluding hydrogens is 484 g/mol. The van der Waals surface area contributed by atoms with Gasteiger partial charge in [-0.1, -0.05) is 65.3 Å². The zero-order valence-corrected chi connectivity index (χ0v) is 24.7. The summed E-state index contributed by atoms with van der Waals surface area (Å²) in [6, 6.07) is 0. The lowest BCUT2D eigenvalue weighted by molar-refractivity contribution is -0.147. The van der Waals surface area contributed by atoms with Crippen molar-refractivity contribution < 1.29 is 35.1 Å². The molecule has 0 aromatic carbocycles. The van der Waals surface area contributed by atoms with Crippen LogP contribution in [0, 0.1) is 35.5 Å². The van der Waals surface area contributed by atoms with Gasteiger partial charge in [0.1, 0.15) is 11.9 Å². The summed E-state index contributed by atoms with van der Waals surface area (Å²) in [4.78, 5) is 11.7. The van der Waals surface area contributed by atoms with Crippen LogP contribution in [0.4, 0.5) is 0 Å². The first kappa shape index (κ1) is 36.1.